The second kappa shape index (κ2) is 4.57. The molecule has 5 rings (SSSR count). The number of hydrogen-bond donors (Lipinski definition) is 1. The third kappa shape index (κ3) is 1.91. The van der Waals surface area contributed by atoms with E-state index in [2.05, 4.69) is 40.5 Å². The first-order chi connectivity index (χ1) is 9.35. The van der Waals surface area contributed by atoms with Gasteiger partial charge in [-0.1, -0.05) is 0 Å². The molecular formula is C16H20N2S. The van der Waals surface area contributed by atoms with Gasteiger partial charge >= 0.3 is 0 Å². The molecule has 3 fully saturated rings. The van der Waals surface area contributed by atoms with Crippen LogP contribution in [-0.2, 0) is 0 Å². The summed E-state index contributed by atoms with van der Waals surface area (Å²) in [6.07, 6.45) is 7.20. The van der Waals surface area contributed by atoms with E-state index in [0.29, 0.717) is 0 Å². The first-order valence-electron chi connectivity index (χ1n) is 7.22. The molecule has 3 aliphatic rings. The maximum atomic E-state index is 3.47. The number of nitrogens with zero attached hydrogens (tertiary/aromatic N) is 1. The average Bonchev–Trinajstić information content (AvgIpc) is 2.91. The zero-order valence-electron chi connectivity index (χ0n) is 11.4. The predicted molar refractivity (Wildman–Crippen MR) is 82.0 cm³/mol. The van der Waals surface area contributed by atoms with Crippen LogP contribution in [0.3, 0.4) is 0 Å². The van der Waals surface area contributed by atoms with Crippen LogP contribution in [0.2, 0.25) is 0 Å². The summed E-state index contributed by atoms with van der Waals surface area (Å²) in [4.78, 5) is 7.48. The molecule has 3 heteroatoms. The number of H-pyrrole nitrogens is 1. The third-order valence-corrected chi connectivity index (χ3v) is 5.70. The second-order valence-corrected chi connectivity index (χ2v) is 6.78. The number of piperidine rings is 3. The number of benzene rings is 1. The molecule has 0 amide bonds. The molecule has 3 aliphatic heterocycles. The van der Waals surface area contributed by atoms with Crippen LogP contribution in [0, 0.1) is 5.92 Å². The predicted octanol–water partition coefficient (Wildman–Crippen LogP) is 3.70. The number of aromatic amines is 1. The Kier molecular flexibility index (Phi) is 2.85. The lowest BCUT2D eigenvalue weighted by atomic mass is 9.75. The Labute approximate surface area is 118 Å². The van der Waals surface area contributed by atoms with E-state index in [4.69, 9.17) is 0 Å². The summed E-state index contributed by atoms with van der Waals surface area (Å²) in [7, 11) is 0. The Morgan fingerprint density at radius 3 is 2.79 bits per heavy atom. The van der Waals surface area contributed by atoms with Crippen LogP contribution in [0.1, 0.15) is 24.3 Å². The van der Waals surface area contributed by atoms with Gasteiger partial charge in [-0.05, 0) is 61.9 Å². The van der Waals surface area contributed by atoms with E-state index in [9.17, 15) is 0 Å². The van der Waals surface area contributed by atoms with E-state index in [0.717, 1.165) is 11.8 Å². The zero-order chi connectivity index (χ0) is 12.8. The van der Waals surface area contributed by atoms with Gasteiger partial charge < -0.3 is 9.88 Å². The molecule has 0 aliphatic carbocycles. The number of hydrogen-bond acceptors (Lipinski definition) is 2. The van der Waals surface area contributed by atoms with Gasteiger partial charge in [0, 0.05) is 34.5 Å². The number of nitrogens with one attached hydrogen (secondary N) is 1. The molecular weight excluding hydrogens is 252 g/mol. The average molecular weight is 272 g/mol. The van der Waals surface area contributed by atoms with Gasteiger partial charge in [-0.2, -0.15) is 0 Å². The fourth-order valence-electron chi connectivity index (χ4n) is 3.87. The summed E-state index contributed by atoms with van der Waals surface area (Å²) in [6.45, 7) is 3.90. The molecule has 3 saturated heterocycles. The van der Waals surface area contributed by atoms with Gasteiger partial charge in [0.2, 0.25) is 0 Å². The van der Waals surface area contributed by atoms with Crippen LogP contribution in [0.5, 0.6) is 0 Å². The Morgan fingerprint density at radius 2 is 2.11 bits per heavy atom. The minimum Gasteiger partial charge on any atom is -0.361 e. The molecule has 0 saturated carbocycles. The molecule has 1 atom stereocenters. The monoisotopic (exact) mass is 272 g/mol. The van der Waals surface area contributed by atoms with E-state index >= 15 is 0 Å². The third-order valence-electron chi connectivity index (χ3n) is 4.98. The van der Waals surface area contributed by atoms with Crippen molar-refractivity contribution in [3.05, 3.63) is 30.0 Å². The minimum absolute atomic E-state index is 0.744. The largest absolute Gasteiger partial charge is 0.361 e. The zero-order valence-corrected chi connectivity index (χ0v) is 12.2. The first-order valence-corrected chi connectivity index (χ1v) is 8.45. The second-order valence-electron chi connectivity index (χ2n) is 5.90. The van der Waals surface area contributed by atoms with Crippen molar-refractivity contribution in [1.82, 2.24) is 9.88 Å². The van der Waals surface area contributed by atoms with Crippen LogP contribution in [0.15, 0.2) is 29.3 Å². The lowest BCUT2D eigenvalue weighted by Crippen LogP contribution is -2.46. The highest BCUT2D eigenvalue weighted by atomic mass is 32.2. The van der Waals surface area contributed by atoms with Gasteiger partial charge in [0.05, 0.1) is 0 Å². The molecule has 1 N–H and O–H groups in total. The molecule has 2 aromatic rings. The number of fused-ring (bicyclic) bond motifs is 4. The van der Waals surface area contributed by atoms with E-state index in [-0.39, 0.29) is 0 Å². The minimum atomic E-state index is 0.744. The van der Waals surface area contributed by atoms with Crippen molar-refractivity contribution in [1.29, 1.82) is 0 Å². The summed E-state index contributed by atoms with van der Waals surface area (Å²) < 4.78 is 0. The number of aromatic nitrogens is 1. The van der Waals surface area contributed by atoms with Crippen LogP contribution >= 0.6 is 11.8 Å². The van der Waals surface area contributed by atoms with Crippen LogP contribution in [0.4, 0.5) is 0 Å². The molecule has 0 spiro atoms. The summed E-state index contributed by atoms with van der Waals surface area (Å²) in [5, 5.41) is 1.45. The van der Waals surface area contributed by atoms with Gasteiger partial charge in [0.1, 0.15) is 0 Å². The molecule has 1 unspecified atom stereocenters. The fourth-order valence-corrected chi connectivity index (χ4v) is 4.31. The normalized spacial score (nSPS) is 30.1. The summed E-state index contributed by atoms with van der Waals surface area (Å²) in [5.74, 6) is 1.65. The van der Waals surface area contributed by atoms with E-state index in [1.54, 1.807) is 5.56 Å². The van der Waals surface area contributed by atoms with Crippen LogP contribution in [-0.4, -0.2) is 35.8 Å². The van der Waals surface area contributed by atoms with Crippen molar-refractivity contribution in [2.45, 2.75) is 23.7 Å². The standard InChI is InChI=1S/C16H20N2S/c1-19-12-2-3-16-13(8-12)14(9-17-16)15-10-18-6-4-11(15)5-7-18/h2-3,8-9,11,15,17H,4-7,10H2,1H3. The Morgan fingerprint density at radius 1 is 1.26 bits per heavy atom. The summed E-state index contributed by atoms with van der Waals surface area (Å²) in [5.41, 5.74) is 2.85. The Hall–Kier alpha value is -0.930. The highest BCUT2D eigenvalue weighted by Gasteiger charge is 2.35. The van der Waals surface area contributed by atoms with E-state index in [1.165, 1.54) is 48.3 Å². The molecule has 4 heterocycles. The summed E-state index contributed by atoms with van der Waals surface area (Å²) in [6, 6.07) is 6.80. The molecule has 1 aromatic carbocycles. The van der Waals surface area contributed by atoms with Crippen molar-refractivity contribution in [2.75, 3.05) is 25.9 Å². The first kappa shape index (κ1) is 11.9. The molecule has 100 valence electrons. The van der Waals surface area contributed by atoms with Gasteiger partial charge in [0.15, 0.2) is 0 Å². The highest BCUT2D eigenvalue weighted by molar-refractivity contribution is 7.98. The van der Waals surface area contributed by atoms with Crippen molar-refractivity contribution in [3.63, 3.8) is 0 Å². The number of rotatable bonds is 2. The van der Waals surface area contributed by atoms with Crippen molar-refractivity contribution < 1.29 is 0 Å². The van der Waals surface area contributed by atoms with Gasteiger partial charge in [-0.25, -0.2) is 0 Å². The topological polar surface area (TPSA) is 19.0 Å². The quantitative estimate of drug-likeness (QED) is 0.841. The summed E-state index contributed by atoms with van der Waals surface area (Å²) >= 11 is 1.83. The molecule has 2 bridgehead atoms. The van der Waals surface area contributed by atoms with Crippen molar-refractivity contribution in [3.8, 4) is 0 Å². The van der Waals surface area contributed by atoms with Gasteiger partial charge in [-0.15, -0.1) is 11.8 Å². The smallest absolute Gasteiger partial charge is 0.0457 e. The lowest BCUT2D eigenvalue weighted by molar-refractivity contribution is 0.0876. The maximum absolute atomic E-state index is 3.47. The molecule has 1 aromatic heterocycles. The number of thioether (sulfide) groups is 1. The highest BCUT2D eigenvalue weighted by Crippen LogP contribution is 2.41. The Balaban J connectivity index is 1.78. The maximum Gasteiger partial charge on any atom is 0.0457 e. The van der Waals surface area contributed by atoms with Crippen molar-refractivity contribution in [2.24, 2.45) is 5.92 Å². The fraction of sp³-hybridized carbons (Fsp3) is 0.500. The Bertz CT molecular complexity index is 596. The SMILES string of the molecule is CSc1ccc2[nH]cc(C3CN4CCC3CC4)c2c1. The molecule has 0 radical (unpaired) electrons. The lowest BCUT2D eigenvalue weighted by Gasteiger charge is -2.44. The molecule has 2 nitrogen and oxygen atoms in total. The van der Waals surface area contributed by atoms with E-state index < -0.39 is 0 Å². The van der Waals surface area contributed by atoms with E-state index in [1.807, 2.05) is 11.8 Å². The molecule has 19 heavy (non-hydrogen) atoms. The van der Waals surface area contributed by atoms with Gasteiger partial charge in [0.25, 0.3) is 0 Å². The van der Waals surface area contributed by atoms with Crippen molar-refractivity contribution >= 4 is 22.7 Å². The van der Waals surface area contributed by atoms with Crippen LogP contribution < -0.4 is 0 Å². The van der Waals surface area contributed by atoms with Crippen LogP contribution in [0.25, 0.3) is 10.9 Å². The van der Waals surface area contributed by atoms with Gasteiger partial charge in [-0.3, -0.25) is 0 Å².